The van der Waals surface area contributed by atoms with Gasteiger partial charge in [-0.05, 0) is 26.7 Å². The Hall–Kier alpha value is -1.52. The van der Waals surface area contributed by atoms with Gasteiger partial charge in [0.05, 0.1) is 12.0 Å². The average Bonchev–Trinajstić information content (AvgIpc) is 2.94. The molecule has 2 rings (SSSR count). The number of aliphatic carboxylic acids is 1. The maximum Gasteiger partial charge on any atom is 0.308 e. The van der Waals surface area contributed by atoms with Gasteiger partial charge in [-0.2, -0.15) is 0 Å². The molecule has 1 aromatic rings. The van der Waals surface area contributed by atoms with Crippen LogP contribution in [0.4, 0.5) is 0 Å². The SMILES string of the molecule is CC(C)n1[nH]c(C2CC2)c(CC(=O)O)c1=O. The van der Waals surface area contributed by atoms with Gasteiger partial charge in [0.2, 0.25) is 0 Å². The highest BCUT2D eigenvalue weighted by Gasteiger charge is 2.31. The van der Waals surface area contributed by atoms with Gasteiger partial charge in [0.15, 0.2) is 0 Å². The second-order valence-electron chi connectivity index (χ2n) is 4.62. The molecule has 5 nitrogen and oxygen atoms in total. The van der Waals surface area contributed by atoms with Crippen molar-refractivity contribution in [2.45, 2.75) is 45.1 Å². The van der Waals surface area contributed by atoms with Crippen molar-refractivity contribution in [3.8, 4) is 0 Å². The third-order valence-corrected chi connectivity index (χ3v) is 2.87. The topological polar surface area (TPSA) is 75.1 Å². The van der Waals surface area contributed by atoms with Gasteiger partial charge in [-0.15, -0.1) is 0 Å². The summed E-state index contributed by atoms with van der Waals surface area (Å²) in [6.45, 7) is 3.80. The van der Waals surface area contributed by atoms with Crippen LogP contribution in [-0.4, -0.2) is 20.9 Å². The Morgan fingerprint density at radius 3 is 2.62 bits per heavy atom. The Bertz CT molecular complexity index is 466. The second-order valence-corrected chi connectivity index (χ2v) is 4.62. The number of H-pyrrole nitrogens is 1. The minimum absolute atomic E-state index is 0.0348. The molecular formula is C11H16N2O3. The van der Waals surface area contributed by atoms with Gasteiger partial charge in [0.1, 0.15) is 0 Å². The fourth-order valence-corrected chi connectivity index (χ4v) is 1.90. The van der Waals surface area contributed by atoms with Crippen LogP contribution >= 0.6 is 0 Å². The van der Waals surface area contributed by atoms with Crippen molar-refractivity contribution in [2.75, 3.05) is 0 Å². The molecule has 0 atom stereocenters. The molecule has 88 valence electrons. The van der Waals surface area contributed by atoms with Crippen molar-refractivity contribution < 1.29 is 9.90 Å². The first kappa shape index (κ1) is 11.0. The Morgan fingerprint density at radius 1 is 1.56 bits per heavy atom. The van der Waals surface area contributed by atoms with Gasteiger partial charge in [-0.1, -0.05) is 0 Å². The van der Waals surface area contributed by atoms with Crippen LogP contribution in [0, 0.1) is 0 Å². The van der Waals surface area contributed by atoms with Crippen LogP contribution in [0.5, 0.6) is 0 Å². The van der Waals surface area contributed by atoms with Crippen LogP contribution in [0.2, 0.25) is 0 Å². The van der Waals surface area contributed by atoms with E-state index in [2.05, 4.69) is 5.10 Å². The summed E-state index contributed by atoms with van der Waals surface area (Å²) in [4.78, 5) is 22.7. The van der Waals surface area contributed by atoms with E-state index in [-0.39, 0.29) is 18.0 Å². The van der Waals surface area contributed by atoms with E-state index in [9.17, 15) is 9.59 Å². The first-order chi connectivity index (χ1) is 7.50. The van der Waals surface area contributed by atoms with E-state index in [1.165, 1.54) is 4.68 Å². The van der Waals surface area contributed by atoms with Crippen LogP contribution in [0.25, 0.3) is 0 Å². The fraction of sp³-hybridized carbons (Fsp3) is 0.636. The molecule has 0 unspecified atom stereocenters. The lowest BCUT2D eigenvalue weighted by atomic mass is 10.1. The summed E-state index contributed by atoms with van der Waals surface area (Å²) in [5, 5.41) is 11.9. The predicted octanol–water partition coefficient (Wildman–Crippen LogP) is 1.26. The molecule has 1 heterocycles. The molecular weight excluding hydrogens is 208 g/mol. The van der Waals surface area contributed by atoms with Gasteiger partial charge in [-0.25, -0.2) is 0 Å². The monoisotopic (exact) mass is 224 g/mol. The van der Waals surface area contributed by atoms with Crippen molar-refractivity contribution in [2.24, 2.45) is 0 Å². The van der Waals surface area contributed by atoms with Gasteiger partial charge in [0.25, 0.3) is 5.56 Å². The molecule has 5 heteroatoms. The van der Waals surface area contributed by atoms with Crippen LogP contribution in [-0.2, 0) is 11.2 Å². The van der Waals surface area contributed by atoms with Crippen LogP contribution in [0.15, 0.2) is 4.79 Å². The number of aromatic nitrogens is 2. The standard InChI is InChI=1S/C11H16N2O3/c1-6(2)13-11(16)8(5-9(14)15)10(12-13)7-3-4-7/h6-7,12H,3-5H2,1-2H3,(H,14,15). The normalized spacial score (nSPS) is 15.7. The van der Waals surface area contributed by atoms with Crippen molar-refractivity contribution in [3.05, 3.63) is 21.6 Å². The number of hydrogen-bond donors (Lipinski definition) is 2. The van der Waals surface area contributed by atoms with Crippen molar-refractivity contribution in [1.82, 2.24) is 9.78 Å². The highest BCUT2D eigenvalue weighted by Crippen LogP contribution is 2.40. The van der Waals surface area contributed by atoms with Gasteiger partial charge in [-0.3, -0.25) is 19.4 Å². The molecule has 1 aromatic heterocycles. The molecule has 0 aliphatic heterocycles. The largest absolute Gasteiger partial charge is 0.481 e. The minimum Gasteiger partial charge on any atom is -0.481 e. The van der Waals surface area contributed by atoms with E-state index in [4.69, 9.17) is 5.11 Å². The molecule has 1 aliphatic rings. The summed E-state index contributed by atoms with van der Waals surface area (Å²) in [5.41, 5.74) is 1.09. The van der Waals surface area contributed by atoms with Crippen LogP contribution in [0.1, 0.15) is 49.9 Å². The average molecular weight is 224 g/mol. The molecule has 0 aromatic carbocycles. The van der Waals surface area contributed by atoms with Crippen molar-refractivity contribution in [3.63, 3.8) is 0 Å². The minimum atomic E-state index is -0.950. The van der Waals surface area contributed by atoms with E-state index < -0.39 is 5.97 Å². The highest BCUT2D eigenvalue weighted by atomic mass is 16.4. The molecule has 2 N–H and O–H groups in total. The third kappa shape index (κ3) is 1.89. The summed E-state index contributed by atoms with van der Waals surface area (Å²) in [6.07, 6.45) is 1.91. The number of carboxylic acid groups (broad SMARTS) is 1. The number of rotatable bonds is 4. The van der Waals surface area contributed by atoms with Gasteiger partial charge < -0.3 is 5.11 Å². The number of nitrogens with one attached hydrogen (secondary N) is 1. The number of aromatic amines is 1. The molecule has 0 radical (unpaired) electrons. The molecule has 0 saturated heterocycles. The number of hydrogen-bond acceptors (Lipinski definition) is 2. The van der Waals surface area contributed by atoms with Gasteiger partial charge >= 0.3 is 5.97 Å². The number of carbonyl (C=O) groups is 1. The summed E-state index contributed by atoms with van der Waals surface area (Å²) < 4.78 is 1.52. The van der Waals surface area contributed by atoms with Crippen LogP contribution < -0.4 is 5.56 Å². The number of nitrogens with zero attached hydrogens (tertiary/aromatic N) is 1. The Kier molecular flexibility index (Phi) is 2.61. The molecule has 1 aliphatic carbocycles. The summed E-state index contributed by atoms with van der Waals surface area (Å²) in [6, 6.07) is 0.0348. The maximum absolute atomic E-state index is 12.0. The number of carboxylic acids is 1. The lowest BCUT2D eigenvalue weighted by molar-refractivity contribution is -0.136. The lowest BCUT2D eigenvalue weighted by Gasteiger charge is -2.04. The fourth-order valence-electron chi connectivity index (χ4n) is 1.90. The highest BCUT2D eigenvalue weighted by molar-refractivity contribution is 5.70. The molecule has 16 heavy (non-hydrogen) atoms. The Labute approximate surface area is 93.1 Å². The maximum atomic E-state index is 12.0. The van der Waals surface area contributed by atoms with Crippen molar-refractivity contribution >= 4 is 5.97 Å². The first-order valence-corrected chi connectivity index (χ1v) is 5.55. The smallest absolute Gasteiger partial charge is 0.308 e. The molecule has 1 fully saturated rings. The molecule has 0 spiro atoms. The zero-order chi connectivity index (χ0) is 11.9. The van der Waals surface area contributed by atoms with E-state index in [0.717, 1.165) is 18.5 Å². The quantitative estimate of drug-likeness (QED) is 0.808. The van der Waals surface area contributed by atoms with E-state index in [0.29, 0.717) is 11.5 Å². The predicted molar refractivity (Wildman–Crippen MR) is 58.8 cm³/mol. The van der Waals surface area contributed by atoms with Gasteiger partial charge in [0, 0.05) is 17.7 Å². The van der Waals surface area contributed by atoms with Crippen molar-refractivity contribution in [1.29, 1.82) is 0 Å². The first-order valence-electron chi connectivity index (χ1n) is 5.55. The Balaban J connectivity index is 2.46. The van der Waals surface area contributed by atoms with Crippen LogP contribution in [0.3, 0.4) is 0 Å². The zero-order valence-corrected chi connectivity index (χ0v) is 9.49. The summed E-state index contributed by atoms with van der Waals surface area (Å²) in [7, 11) is 0. The summed E-state index contributed by atoms with van der Waals surface area (Å²) in [5.74, 6) is -0.587. The molecule has 0 amide bonds. The summed E-state index contributed by atoms with van der Waals surface area (Å²) >= 11 is 0. The lowest BCUT2D eigenvalue weighted by Crippen LogP contribution is -2.22. The van der Waals surface area contributed by atoms with E-state index in [1.54, 1.807) is 0 Å². The molecule has 0 bridgehead atoms. The van der Waals surface area contributed by atoms with E-state index >= 15 is 0 Å². The zero-order valence-electron chi connectivity index (χ0n) is 9.49. The second kappa shape index (κ2) is 3.81. The Morgan fingerprint density at radius 2 is 2.19 bits per heavy atom. The third-order valence-electron chi connectivity index (χ3n) is 2.87. The van der Waals surface area contributed by atoms with E-state index in [1.807, 2.05) is 13.8 Å². The molecule has 1 saturated carbocycles.